The molecule has 0 bridgehead atoms. The van der Waals surface area contributed by atoms with Crippen molar-refractivity contribution >= 4 is 22.6 Å². The van der Waals surface area contributed by atoms with Gasteiger partial charge < -0.3 is 0 Å². The second kappa shape index (κ2) is 6.62. The van der Waals surface area contributed by atoms with Gasteiger partial charge >= 0.3 is 0 Å². The van der Waals surface area contributed by atoms with Crippen molar-refractivity contribution < 1.29 is 0 Å². The molecule has 0 aliphatic carbocycles. The third-order valence-electron chi connectivity index (χ3n) is 2.56. The lowest BCUT2D eigenvalue weighted by Crippen LogP contribution is -2.12. The summed E-state index contributed by atoms with van der Waals surface area (Å²) in [7, 11) is 0. The number of benzene rings is 2. The van der Waals surface area contributed by atoms with E-state index in [1.807, 2.05) is 54.9 Å². The van der Waals surface area contributed by atoms with Crippen LogP contribution in [0, 0.1) is 11.5 Å². The van der Waals surface area contributed by atoms with Crippen molar-refractivity contribution in [2.75, 3.05) is 6.26 Å². The van der Waals surface area contributed by atoms with Crippen LogP contribution in [0.15, 0.2) is 59.6 Å². The smallest absolute Gasteiger partial charge is 0.183 e. The summed E-state index contributed by atoms with van der Waals surface area (Å²) in [6.07, 6.45) is 3.75. The van der Waals surface area contributed by atoms with Crippen LogP contribution in [0.2, 0.25) is 0 Å². The first-order valence-electron chi connectivity index (χ1n) is 5.77. The van der Waals surface area contributed by atoms with Gasteiger partial charge in [0.05, 0.1) is 5.69 Å². The molecule has 0 heterocycles. The Kier molecular flexibility index (Phi) is 4.60. The van der Waals surface area contributed by atoms with Crippen LogP contribution >= 0.6 is 11.8 Å². The minimum Gasteiger partial charge on any atom is -0.271 e. The van der Waals surface area contributed by atoms with Crippen molar-refractivity contribution in [3.63, 3.8) is 0 Å². The zero-order chi connectivity index (χ0) is 13.5. The maximum Gasteiger partial charge on any atom is 0.183 e. The standard InChI is InChI=1S/C15H13N3S/c1-19-15(17-11-16)18-14-9-7-13(8-10-14)12-5-3-2-4-6-12/h2-10H,1H3,(H,17,18). The summed E-state index contributed by atoms with van der Waals surface area (Å²) in [5, 5.41) is 11.7. The highest BCUT2D eigenvalue weighted by Gasteiger charge is 1.98. The highest BCUT2D eigenvalue weighted by molar-refractivity contribution is 8.13. The van der Waals surface area contributed by atoms with Gasteiger partial charge in [-0.1, -0.05) is 54.2 Å². The Bertz CT molecular complexity index is 598. The largest absolute Gasteiger partial charge is 0.271 e. The maximum atomic E-state index is 8.58. The van der Waals surface area contributed by atoms with E-state index in [0.29, 0.717) is 5.17 Å². The third-order valence-corrected chi connectivity index (χ3v) is 3.14. The second-order valence-electron chi connectivity index (χ2n) is 3.77. The molecule has 0 saturated carbocycles. The fourth-order valence-electron chi connectivity index (χ4n) is 1.65. The fraction of sp³-hybridized carbons (Fsp3) is 0.0667. The molecule has 0 amide bonds. The van der Waals surface area contributed by atoms with Gasteiger partial charge in [0.2, 0.25) is 0 Å². The van der Waals surface area contributed by atoms with Crippen LogP contribution in [0.25, 0.3) is 11.1 Å². The van der Waals surface area contributed by atoms with E-state index in [9.17, 15) is 0 Å². The van der Waals surface area contributed by atoms with Crippen LogP contribution in [0.3, 0.4) is 0 Å². The molecule has 0 saturated heterocycles. The molecule has 2 rings (SSSR count). The summed E-state index contributed by atoms with van der Waals surface area (Å²) in [5.74, 6) is 0. The van der Waals surface area contributed by atoms with Gasteiger partial charge in [-0.2, -0.15) is 5.26 Å². The molecule has 0 fully saturated rings. The Morgan fingerprint density at radius 3 is 2.26 bits per heavy atom. The Morgan fingerprint density at radius 1 is 1.05 bits per heavy atom. The molecule has 0 atom stereocenters. The van der Waals surface area contributed by atoms with Crippen molar-refractivity contribution in [2.24, 2.45) is 4.99 Å². The minimum atomic E-state index is 0.593. The summed E-state index contributed by atoms with van der Waals surface area (Å²) in [5.41, 5.74) is 3.16. The van der Waals surface area contributed by atoms with Crippen molar-refractivity contribution in [3.05, 3.63) is 54.6 Å². The van der Waals surface area contributed by atoms with E-state index in [1.165, 1.54) is 17.3 Å². The Hall–Kier alpha value is -2.25. The van der Waals surface area contributed by atoms with Gasteiger partial charge in [0.15, 0.2) is 11.4 Å². The van der Waals surface area contributed by atoms with E-state index in [1.54, 1.807) is 0 Å². The van der Waals surface area contributed by atoms with Gasteiger partial charge in [-0.15, -0.1) is 0 Å². The lowest BCUT2D eigenvalue weighted by Gasteiger charge is -2.03. The highest BCUT2D eigenvalue weighted by Crippen LogP contribution is 2.22. The summed E-state index contributed by atoms with van der Waals surface area (Å²) in [4.78, 5) is 4.35. The van der Waals surface area contributed by atoms with Crippen LogP contribution in [0.1, 0.15) is 0 Å². The molecule has 0 unspecified atom stereocenters. The van der Waals surface area contributed by atoms with Gasteiger partial charge in [0.1, 0.15) is 0 Å². The first-order valence-corrected chi connectivity index (χ1v) is 6.99. The zero-order valence-corrected chi connectivity index (χ0v) is 11.3. The number of hydrogen-bond acceptors (Lipinski definition) is 3. The Labute approximate surface area is 117 Å². The van der Waals surface area contributed by atoms with Crippen LogP contribution in [0.4, 0.5) is 5.69 Å². The van der Waals surface area contributed by atoms with Gasteiger partial charge in [-0.3, -0.25) is 5.32 Å². The normalized spacial score (nSPS) is 10.8. The van der Waals surface area contributed by atoms with Crippen molar-refractivity contribution in [3.8, 4) is 17.3 Å². The molecule has 1 N–H and O–H groups in total. The van der Waals surface area contributed by atoms with Crippen LogP contribution in [-0.2, 0) is 0 Å². The fourth-order valence-corrected chi connectivity index (χ4v) is 1.99. The van der Waals surface area contributed by atoms with Crippen molar-refractivity contribution in [1.29, 1.82) is 5.26 Å². The first-order chi connectivity index (χ1) is 9.33. The summed E-state index contributed by atoms with van der Waals surface area (Å²) in [6, 6.07) is 18.1. The van der Waals surface area contributed by atoms with Crippen LogP contribution in [0.5, 0.6) is 0 Å². The van der Waals surface area contributed by atoms with Gasteiger partial charge in [0, 0.05) is 0 Å². The summed E-state index contributed by atoms with van der Waals surface area (Å²) < 4.78 is 0. The van der Waals surface area contributed by atoms with Crippen molar-refractivity contribution in [1.82, 2.24) is 5.32 Å². The number of nitriles is 1. The molecule has 0 spiro atoms. The van der Waals surface area contributed by atoms with E-state index in [2.05, 4.69) is 22.4 Å². The molecule has 19 heavy (non-hydrogen) atoms. The molecule has 2 aromatic carbocycles. The molecule has 0 radical (unpaired) electrons. The van der Waals surface area contributed by atoms with Gasteiger partial charge in [0.25, 0.3) is 0 Å². The van der Waals surface area contributed by atoms with E-state index >= 15 is 0 Å². The van der Waals surface area contributed by atoms with E-state index < -0.39 is 0 Å². The highest BCUT2D eigenvalue weighted by atomic mass is 32.2. The predicted octanol–water partition coefficient (Wildman–Crippen LogP) is 3.77. The molecule has 0 aromatic heterocycles. The number of aliphatic imine (C=N–C) groups is 1. The van der Waals surface area contributed by atoms with Gasteiger partial charge in [-0.25, -0.2) is 4.99 Å². The summed E-state index contributed by atoms with van der Waals surface area (Å²) >= 11 is 1.41. The van der Waals surface area contributed by atoms with Crippen molar-refractivity contribution in [2.45, 2.75) is 0 Å². The Balaban J connectivity index is 2.22. The average molecular weight is 267 g/mol. The molecule has 2 aromatic rings. The lowest BCUT2D eigenvalue weighted by atomic mass is 10.1. The lowest BCUT2D eigenvalue weighted by molar-refractivity contribution is 1.28. The molecular weight excluding hydrogens is 254 g/mol. The first kappa shape index (κ1) is 13.2. The van der Waals surface area contributed by atoms with Crippen LogP contribution < -0.4 is 5.32 Å². The number of thioether (sulfide) groups is 1. The molecule has 3 nitrogen and oxygen atoms in total. The SMILES string of the molecule is CSC(=Nc1ccc(-c2ccccc2)cc1)NC#N. The van der Waals surface area contributed by atoms with E-state index in [4.69, 9.17) is 5.26 Å². The maximum absolute atomic E-state index is 8.58. The molecule has 4 heteroatoms. The molecule has 94 valence electrons. The number of nitrogens with one attached hydrogen (secondary N) is 1. The zero-order valence-electron chi connectivity index (χ0n) is 10.5. The summed E-state index contributed by atoms with van der Waals surface area (Å²) in [6.45, 7) is 0. The minimum absolute atomic E-state index is 0.593. The topological polar surface area (TPSA) is 48.2 Å². The number of hydrogen-bond donors (Lipinski definition) is 1. The van der Waals surface area contributed by atoms with E-state index in [-0.39, 0.29) is 0 Å². The van der Waals surface area contributed by atoms with E-state index in [0.717, 1.165) is 11.3 Å². The van der Waals surface area contributed by atoms with Gasteiger partial charge in [-0.05, 0) is 29.5 Å². The number of nitrogens with zero attached hydrogens (tertiary/aromatic N) is 2. The number of amidine groups is 1. The molecule has 0 aliphatic heterocycles. The quantitative estimate of drug-likeness (QED) is 0.390. The monoisotopic (exact) mass is 267 g/mol. The molecule has 0 aliphatic rings. The molecular formula is C15H13N3S. The average Bonchev–Trinajstić information content (AvgIpc) is 2.48. The predicted molar refractivity (Wildman–Crippen MR) is 81.2 cm³/mol. The Morgan fingerprint density at radius 2 is 1.68 bits per heavy atom. The third kappa shape index (κ3) is 3.60. The van der Waals surface area contributed by atoms with Crippen LogP contribution in [-0.4, -0.2) is 11.4 Å². The number of rotatable bonds is 2. The second-order valence-corrected chi connectivity index (χ2v) is 4.57.